The van der Waals surface area contributed by atoms with Crippen LogP contribution in [0.4, 0.5) is 10.1 Å². The van der Waals surface area contributed by atoms with E-state index in [0.717, 1.165) is 11.8 Å². The molecule has 0 atom stereocenters. The monoisotopic (exact) mass is 419 g/mol. The van der Waals surface area contributed by atoms with Crippen molar-refractivity contribution in [2.75, 3.05) is 18.2 Å². The Labute approximate surface area is 169 Å². The molecule has 0 saturated carbocycles. The highest BCUT2D eigenvalue weighted by Crippen LogP contribution is 2.26. The lowest BCUT2D eigenvalue weighted by atomic mass is 10.3. The molecule has 0 spiro atoms. The van der Waals surface area contributed by atoms with Crippen LogP contribution in [0.1, 0.15) is 0 Å². The van der Waals surface area contributed by atoms with Gasteiger partial charge in [-0.1, -0.05) is 23.4 Å². The molecule has 0 aliphatic heterocycles. The van der Waals surface area contributed by atoms with E-state index in [1.54, 1.807) is 18.2 Å². The van der Waals surface area contributed by atoms with E-state index in [0.29, 0.717) is 22.1 Å². The molecule has 6 nitrogen and oxygen atoms in total. The highest BCUT2D eigenvalue weighted by atomic mass is 35.5. The van der Waals surface area contributed by atoms with Crippen molar-refractivity contribution in [2.45, 2.75) is 5.03 Å². The summed E-state index contributed by atoms with van der Waals surface area (Å²) in [7, 11) is 1.51. The number of nitrogens with one attached hydrogen (secondary N) is 1. The second kappa shape index (κ2) is 8.90. The second-order valence-corrected chi connectivity index (χ2v) is 6.94. The fourth-order valence-corrected chi connectivity index (χ4v) is 3.31. The quantitative estimate of drug-likeness (QED) is 0.616. The van der Waals surface area contributed by atoms with E-state index in [1.165, 1.54) is 48.3 Å². The predicted octanol–water partition coefficient (Wildman–Crippen LogP) is 3.76. The molecule has 3 aromatic rings. The molecule has 1 aromatic heterocycles. The van der Waals surface area contributed by atoms with Crippen LogP contribution in [0.5, 0.6) is 5.75 Å². The van der Waals surface area contributed by atoms with Crippen molar-refractivity contribution in [1.29, 1.82) is 0 Å². The Kier molecular flexibility index (Phi) is 6.33. The van der Waals surface area contributed by atoms with Crippen LogP contribution in [0.2, 0.25) is 5.02 Å². The molecule has 1 N–H and O–H groups in total. The number of rotatable bonds is 6. The molecule has 144 valence electrons. The molecule has 0 saturated heterocycles. The Balaban J connectivity index is 1.72. The van der Waals surface area contributed by atoms with E-state index in [2.05, 4.69) is 10.3 Å². The third-order valence-corrected chi connectivity index (χ3v) is 4.95. The lowest BCUT2D eigenvalue weighted by Gasteiger charge is -2.10. The number of hydrogen-bond acceptors (Lipinski definition) is 5. The summed E-state index contributed by atoms with van der Waals surface area (Å²) in [5.74, 6) is -0.243. The van der Waals surface area contributed by atoms with Crippen molar-refractivity contribution in [3.05, 3.63) is 76.1 Å². The minimum Gasteiger partial charge on any atom is -0.495 e. The smallest absolute Gasteiger partial charge is 0.287 e. The standard InChI is InChI=1S/C19H15ClFN3O3S/c1-27-16-7-6-14(10-15(16)20)24-9-8-22-18(19(24)26)28-11-17(25)23-13-4-2-12(21)3-5-13/h2-10H,11H2,1H3,(H,23,25). The number of anilines is 1. The summed E-state index contributed by atoms with van der Waals surface area (Å²) in [6.45, 7) is 0. The van der Waals surface area contributed by atoms with E-state index in [-0.39, 0.29) is 28.1 Å². The van der Waals surface area contributed by atoms with Gasteiger partial charge in [-0.3, -0.25) is 14.2 Å². The minimum atomic E-state index is -0.389. The fraction of sp³-hybridized carbons (Fsp3) is 0.105. The van der Waals surface area contributed by atoms with Crippen LogP contribution in [-0.2, 0) is 4.79 Å². The van der Waals surface area contributed by atoms with Crippen LogP contribution in [0.3, 0.4) is 0 Å². The number of ether oxygens (including phenoxy) is 1. The predicted molar refractivity (Wildman–Crippen MR) is 107 cm³/mol. The Morgan fingerprint density at radius 3 is 2.71 bits per heavy atom. The van der Waals surface area contributed by atoms with Gasteiger partial charge < -0.3 is 10.1 Å². The number of benzene rings is 2. The van der Waals surface area contributed by atoms with Gasteiger partial charge in [0.1, 0.15) is 11.6 Å². The lowest BCUT2D eigenvalue weighted by Crippen LogP contribution is -2.22. The maximum Gasteiger partial charge on any atom is 0.287 e. The molecule has 0 unspecified atom stereocenters. The van der Waals surface area contributed by atoms with Gasteiger partial charge in [0.25, 0.3) is 5.56 Å². The average molecular weight is 420 g/mol. The van der Waals surface area contributed by atoms with Crippen molar-refractivity contribution in [3.8, 4) is 11.4 Å². The average Bonchev–Trinajstić information content (AvgIpc) is 2.69. The summed E-state index contributed by atoms with van der Waals surface area (Å²) in [4.78, 5) is 28.8. The summed E-state index contributed by atoms with van der Waals surface area (Å²) < 4.78 is 19.4. The van der Waals surface area contributed by atoms with E-state index in [9.17, 15) is 14.0 Å². The van der Waals surface area contributed by atoms with Gasteiger partial charge in [-0.2, -0.15) is 0 Å². The van der Waals surface area contributed by atoms with Crippen molar-refractivity contribution in [1.82, 2.24) is 9.55 Å². The van der Waals surface area contributed by atoms with E-state index < -0.39 is 0 Å². The third-order valence-electron chi connectivity index (χ3n) is 3.69. The number of thioether (sulfide) groups is 1. The number of carbonyl (C=O) groups excluding carboxylic acids is 1. The van der Waals surface area contributed by atoms with Crippen LogP contribution in [-0.4, -0.2) is 28.3 Å². The molecule has 0 aliphatic carbocycles. The summed E-state index contributed by atoms with van der Waals surface area (Å²) in [6.07, 6.45) is 2.99. The first kappa shape index (κ1) is 19.9. The van der Waals surface area contributed by atoms with Crippen molar-refractivity contribution in [2.24, 2.45) is 0 Å². The molecule has 1 amide bonds. The number of amides is 1. The summed E-state index contributed by atoms with van der Waals surface area (Å²) in [5, 5.41) is 3.17. The lowest BCUT2D eigenvalue weighted by molar-refractivity contribution is -0.113. The maximum atomic E-state index is 12.9. The normalized spacial score (nSPS) is 10.5. The molecule has 0 aliphatic rings. The molecular formula is C19H15ClFN3O3S. The van der Waals surface area contributed by atoms with E-state index in [1.807, 2.05) is 0 Å². The van der Waals surface area contributed by atoms with Gasteiger partial charge in [0, 0.05) is 18.1 Å². The molecule has 0 fully saturated rings. The SMILES string of the molecule is COc1ccc(-n2ccnc(SCC(=O)Nc3ccc(F)cc3)c2=O)cc1Cl. The van der Waals surface area contributed by atoms with Crippen LogP contribution < -0.4 is 15.6 Å². The first-order valence-electron chi connectivity index (χ1n) is 8.07. The first-order chi connectivity index (χ1) is 13.5. The molecular weight excluding hydrogens is 405 g/mol. The summed E-state index contributed by atoms with van der Waals surface area (Å²) in [6, 6.07) is 10.4. The number of halogens is 2. The number of nitrogens with zero attached hydrogens (tertiary/aromatic N) is 2. The van der Waals surface area contributed by atoms with Gasteiger partial charge in [0.2, 0.25) is 5.91 Å². The largest absolute Gasteiger partial charge is 0.495 e. The molecule has 2 aromatic carbocycles. The van der Waals surface area contributed by atoms with Gasteiger partial charge in [-0.15, -0.1) is 0 Å². The number of methoxy groups -OCH3 is 1. The van der Waals surface area contributed by atoms with Crippen molar-refractivity contribution in [3.63, 3.8) is 0 Å². The topological polar surface area (TPSA) is 73.2 Å². The van der Waals surface area contributed by atoms with E-state index in [4.69, 9.17) is 16.3 Å². The Hall–Kier alpha value is -2.84. The van der Waals surface area contributed by atoms with Gasteiger partial charge in [-0.25, -0.2) is 9.37 Å². The molecule has 0 radical (unpaired) electrons. The zero-order valence-electron chi connectivity index (χ0n) is 14.7. The fourth-order valence-electron chi connectivity index (χ4n) is 2.37. The Morgan fingerprint density at radius 2 is 2.04 bits per heavy atom. The minimum absolute atomic E-state index is 0.0208. The van der Waals surface area contributed by atoms with Crippen LogP contribution >= 0.6 is 23.4 Å². The highest BCUT2D eigenvalue weighted by Gasteiger charge is 2.11. The molecule has 1 heterocycles. The van der Waals surface area contributed by atoms with Crippen molar-refractivity contribution < 1.29 is 13.9 Å². The molecule has 28 heavy (non-hydrogen) atoms. The molecule has 3 rings (SSSR count). The zero-order chi connectivity index (χ0) is 20.1. The summed E-state index contributed by atoms with van der Waals surface area (Å²) >= 11 is 7.13. The molecule has 0 bridgehead atoms. The maximum absolute atomic E-state index is 12.9. The number of aromatic nitrogens is 2. The summed E-state index contributed by atoms with van der Waals surface area (Å²) in [5.41, 5.74) is 0.650. The van der Waals surface area contributed by atoms with Gasteiger partial charge in [0.15, 0.2) is 5.03 Å². The van der Waals surface area contributed by atoms with Gasteiger partial charge >= 0.3 is 0 Å². The zero-order valence-corrected chi connectivity index (χ0v) is 16.3. The first-order valence-corrected chi connectivity index (χ1v) is 9.44. The van der Waals surface area contributed by atoms with Gasteiger partial charge in [0.05, 0.1) is 23.6 Å². The third kappa shape index (κ3) is 4.71. The number of carbonyl (C=O) groups is 1. The Morgan fingerprint density at radius 1 is 1.29 bits per heavy atom. The molecule has 9 heteroatoms. The van der Waals surface area contributed by atoms with Crippen LogP contribution in [0.25, 0.3) is 5.69 Å². The highest BCUT2D eigenvalue weighted by molar-refractivity contribution is 7.99. The van der Waals surface area contributed by atoms with Crippen LogP contribution in [0, 0.1) is 5.82 Å². The Bertz CT molecular complexity index is 1060. The van der Waals surface area contributed by atoms with Crippen molar-refractivity contribution >= 4 is 35.0 Å². The van der Waals surface area contributed by atoms with Gasteiger partial charge in [-0.05, 0) is 42.5 Å². The van der Waals surface area contributed by atoms with E-state index >= 15 is 0 Å². The van der Waals surface area contributed by atoms with Crippen LogP contribution in [0.15, 0.2) is 64.7 Å². The second-order valence-electron chi connectivity index (χ2n) is 5.57. The number of hydrogen-bond donors (Lipinski definition) is 1.